The first kappa shape index (κ1) is 17.2. The van der Waals surface area contributed by atoms with Gasteiger partial charge in [0.2, 0.25) is 0 Å². The average Bonchev–Trinajstić information content (AvgIpc) is 3.10. The summed E-state index contributed by atoms with van der Waals surface area (Å²) in [4.78, 5) is 14.5. The maximum Gasteiger partial charge on any atom is 0.319 e. The van der Waals surface area contributed by atoms with Crippen LogP contribution in [0.1, 0.15) is 11.6 Å². The van der Waals surface area contributed by atoms with E-state index < -0.39 is 0 Å². The van der Waals surface area contributed by atoms with E-state index >= 15 is 0 Å². The van der Waals surface area contributed by atoms with E-state index in [0.29, 0.717) is 17.3 Å². The maximum atomic E-state index is 12.2. The van der Waals surface area contributed by atoms with E-state index in [1.165, 1.54) is 5.56 Å². The molecule has 24 heavy (non-hydrogen) atoms. The molecule has 2 heterocycles. The Morgan fingerprint density at radius 1 is 1.33 bits per heavy atom. The molecule has 1 atom stereocenters. The zero-order valence-electron chi connectivity index (χ0n) is 13.2. The Kier molecular flexibility index (Phi) is 6.09. The molecule has 7 heteroatoms. The van der Waals surface area contributed by atoms with Gasteiger partial charge in [-0.1, -0.05) is 17.7 Å². The number of rotatable bonds is 5. The minimum absolute atomic E-state index is 0.158. The molecule has 5 nitrogen and oxygen atoms in total. The highest BCUT2D eigenvalue weighted by Gasteiger charge is 2.23. The first-order valence-corrected chi connectivity index (χ1v) is 9.19. The predicted octanol–water partition coefficient (Wildman–Crippen LogP) is 3.60. The van der Waals surface area contributed by atoms with Crippen molar-refractivity contribution in [2.45, 2.75) is 6.04 Å². The van der Waals surface area contributed by atoms with Gasteiger partial charge in [-0.3, -0.25) is 4.90 Å². The molecule has 1 aromatic heterocycles. The molecule has 1 aliphatic rings. The lowest BCUT2D eigenvalue weighted by Gasteiger charge is -2.34. The number of urea groups is 1. The molecule has 1 aromatic carbocycles. The average molecular weight is 366 g/mol. The number of nitrogens with one attached hydrogen (secondary N) is 2. The minimum atomic E-state index is -0.231. The van der Waals surface area contributed by atoms with Crippen molar-refractivity contribution in [3.63, 3.8) is 0 Å². The molecule has 0 spiro atoms. The molecule has 2 amide bonds. The number of halogens is 1. The lowest BCUT2D eigenvalue weighted by atomic mass is 10.1. The van der Waals surface area contributed by atoms with Crippen molar-refractivity contribution in [1.82, 2.24) is 10.2 Å². The molecule has 3 rings (SSSR count). The highest BCUT2D eigenvalue weighted by atomic mass is 35.5. The van der Waals surface area contributed by atoms with Crippen LogP contribution in [0, 0.1) is 0 Å². The molecule has 0 saturated carbocycles. The third-order valence-electron chi connectivity index (χ3n) is 3.95. The molecular weight excluding hydrogens is 346 g/mol. The van der Waals surface area contributed by atoms with Crippen molar-refractivity contribution >= 4 is 34.7 Å². The molecule has 128 valence electrons. The largest absolute Gasteiger partial charge is 0.379 e. The fourth-order valence-electron chi connectivity index (χ4n) is 2.74. The molecule has 0 bridgehead atoms. The molecule has 1 aliphatic heterocycles. The zero-order chi connectivity index (χ0) is 16.8. The Morgan fingerprint density at radius 3 is 2.88 bits per heavy atom. The number of ether oxygens (including phenoxy) is 1. The van der Waals surface area contributed by atoms with Crippen molar-refractivity contribution in [2.24, 2.45) is 0 Å². The van der Waals surface area contributed by atoms with Crippen LogP contribution in [0.4, 0.5) is 10.5 Å². The maximum absolute atomic E-state index is 12.2. The number of hydrogen-bond donors (Lipinski definition) is 2. The van der Waals surface area contributed by atoms with Crippen LogP contribution in [-0.4, -0.2) is 43.8 Å². The SMILES string of the molecule is O=C(NC[C@@H](c1ccsc1)N1CCOCC1)Nc1cccc(Cl)c1. The van der Waals surface area contributed by atoms with E-state index in [4.69, 9.17) is 16.3 Å². The van der Waals surface area contributed by atoms with Gasteiger partial charge in [-0.05, 0) is 40.6 Å². The fourth-order valence-corrected chi connectivity index (χ4v) is 3.64. The number of carbonyl (C=O) groups is 1. The molecule has 0 unspecified atom stereocenters. The Morgan fingerprint density at radius 2 is 2.17 bits per heavy atom. The number of nitrogens with zero attached hydrogens (tertiary/aromatic N) is 1. The van der Waals surface area contributed by atoms with E-state index in [1.54, 1.807) is 29.5 Å². The van der Waals surface area contributed by atoms with Crippen molar-refractivity contribution in [3.8, 4) is 0 Å². The topological polar surface area (TPSA) is 53.6 Å². The third-order valence-corrected chi connectivity index (χ3v) is 4.89. The first-order chi connectivity index (χ1) is 11.7. The molecule has 1 saturated heterocycles. The van der Waals surface area contributed by atoms with Crippen LogP contribution in [0.5, 0.6) is 0 Å². The van der Waals surface area contributed by atoms with Crippen molar-refractivity contribution in [1.29, 1.82) is 0 Å². The van der Waals surface area contributed by atoms with Gasteiger partial charge in [0.1, 0.15) is 0 Å². The van der Waals surface area contributed by atoms with Gasteiger partial charge in [-0.2, -0.15) is 11.3 Å². The smallest absolute Gasteiger partial charge is 0.319 e. The zero-order valence-corrected chi connectivity index (χ0v) is 14.8. The molecule has 0 radical (unpaired) electrons. The lowest BCUT2D eigenvalue weighted by molar-refractivity contribution is 0.0168. The van der Waals surface area contributed by atoms with Crippen molar-refractivity contribution in [3.05, 3.63) is 51.7 Å². The standard InChI is InChI=1S/C17H20ClN3O2S/c18-14-2-1-3-15(10-14)20-17(22)19-11-16(13-4-9-24-12-13)21-5-7-23-8-6-21/h1-4,9-10,12,16H,5-8,11H2,(H2,19,20,22)/t16-/m0/s1. The Labute approximate surface area is 150 Å². The van der Waals surface area contributed by atoms with E-state index in [1.807, 2.05) is 6.07 Å². The quantitative estimate of drug-likeness (QED) is 0.851. The second kappa shape index (κ2) is 8.48. The monoisotopic (exact) mass is 365 g/mol. The van der Waals surface area contributed by atoms with Crippen LogP contribution >= 0.6 is 22.9 Å². The number of amides is 2. The van der Waals surface area contributed by atoms with Crippen LogP contribution in [0.25, 0.3) is 0 Å². The Balaban J connectivity index is 1.59. The van der Waals surface area contributed by atoms with Crippen LogP contribution in [0.2, 0.25) is 5.02 Å². The van der Waals surface area contributed by atoms with Crippen molar-refractivity contribution in [2.75, 3.05) is 38.2 Å². The van der Waals surface area contributed by atoms with E-state index in [2.05, 4.69) is 32.4 Å². The van der Waals surface area contributed by atoms with Gasteiger partial charge >= 0.3 is 6.03 Å². The number of benzene rings is 1. The van der Waals surface area contributed by atoms with Crippen molar-refractivity contribution < 1.29 is 9.53 Å². The fraction of sp³-hybridized carbons (Fsp3) is 0.353. The summed E-state index contributed by atoms with van der Waals surface area (Å²) < 4.78 is 5.43. The van der Waals surface area contributed by atoms with Gasteiger partial charge in [0.05, 0.1) is 19.3 Å². The summed E-state index contributed by atoms with van der Waals surface area (Å²) in [5.41, 5.74) is 1.91. The van der Waals surface area contributed by atoms with Gasteiger partial charge in [0.15, 0.2) is 0 Å². The Bertz CT molecular complexity index is 660. The normalized spacial score (nSPS) is 16.5. The second-order valence-electron chi connectivity index (χ2n) is 5.57. The Hall–Kier alpha value is -1.60. The summed E-state index contributed by atoms with van der Waals surface area (Å²) in [6, 6.07) is 9.15. The third kappa shape index (κ3) is 4.70. The van der Waals surface area contributed by atoms with Crippen LogP contribution in [0.15, 0.2) is 41.1 Å². The van der Waals surface area contributed by atoms with Crippen LogP contribution < -0.4 is 10.6 Å². The van der Waals surface area contributed by atoms with E-state index in [0.717, 1.165) is 26.3 Å². The molecule has 1 fully saturated rings. The molecule has 2 aromatic rings. The highest BCUT2D eigenvalue weighted by molar-refractivity contribution is 7.07. The molecule has 0 aliphatic carbocycles. The minimum Gasteiger partial charge on any atom is -0.379 e. The van der Waals surface area contributed by atoms with Gasteiger partial charge in [-0.25, -0.2) is 4.79 Å². The van der Waals surface area contributed by atoms with Gasteiger partial charge in [-0.15, -0.1) is 0 Å². The second-order valence-corrected chi connectivity index (χ2v) is 6.78. The van der Waals surface area contributed by atoms with E-state index in [9.17, 15) is 4.79 Å². The molecular formula is C17H20ClN3O2S. The number of carbonyl (C=O) groups excluding carboxylic acids is 1. The predicted molar refractivity (Wildman–Crippen MR) is 97.9 cm³/mol. The summed E-state index contributed by atoms with van der Waals surface area (Å²) in [5.74, 6) is 0. The highest BCUT2D eigenvalue weighted by Crippen LogP contribution is 2.23. The number of anilines is 1. The number of hydrogen-bond acceptors (Lipinski definition) is 4. The number of thiophene rings is 1. The summed E-state index contributed by atoms with van der Waals surface area (Å²) in [7, 11) is 0. The van der Waals surface area contributed by atoms with Gasteiger partial charge in [0, 0.05) is 30.3 Å². The summed E-state index contributed by atoms with van der Waals surface area (Å²) in [6.07, 6.45) is 0. The van der Waals surface area contributed by atoms with Crippen LogP contribution in [-0.2, 0) is 4.74 Å². The van der Waals surface area contributed by atoms with Crippen LogP contribution in [0.3, 0.4) is 0 Å². The van der Waals surface area contributed by atoms with Gasteiger partial charge in [0.25, 0.3) is 0 Å². The lowest BCUT2D eigenvalue weighted by Crippen LogP contribution is -2.44. The summed E-state index contributed by atoms with van der Waals surface area (Å²) in [5, 5.41) is 10.6. The summed E-state index contributed by atoms with van der Waals surface area (Å²) >= 11 is 7.61. The number of morpholine rings is 1. The molecule has 2 N–H and O–H groups in total. The van der Waals surface area contributed by atoms with E-state index in [-0.39, 0.29) is 12.1 Å². The summed E-state index contributed by atoms with van der Waals surface area (Å²) in [6.45, 7) is 3.75. The van der Waals surface area contributed by atoms with Gasteiger partial charge < -0.3 is 15.4 Å². The first-order valence-electron chi connectivity index (χ1n) is 7.87.